The van der Waals surface area contributed by atoms with Crippen LogP contribution in [0, 0.1) is 6.92 Å². The summed E-state index contributed by atoms with van der Waals surface area (Å²) in [6, 6.07) is 8.09. The minimum absolute atomic E-state index is 0.192. The summed E-state index contributed by atoms with van der Waals surface area (Å²) < 4.78 is 35.6. The summed E-state index contributed by atoms with van der Waals surface area (Å²) in [7, 11) is -2.03. The van der Waals surface area contributed by atoms with Gasteiger partial charge in [-0.2, -0.15) is 5.10 Å². The van der Waals surface area contributed by atoms with Crippen molar-refractivity contribution in [2.24, 2.45) is 7.05 Å². The third kappa shape index (κ3) is 2.87. The molecule has 6 nitrogen and oxygen atoms in total. The van der Waals surface area contributed by atoms with E-state index in [1.165, 1.54) is 10.2 Å². The first-order valence-electron chi connectivity index (χ1n) is 8.10. The van der Waals surface area contributed by atoms with Crippen LogP contribution in [0.5, 0.6) is 0 Å². The largest absolute Gasteiger partial charge is 0.369 e. The van der Waals surface area contributed by atoms with Gasteiger partial charge in [0.25, 0.3) is 10.0 Å². The molecule has 0 fully saturated rings. The van der Waals surface area contributed by atoms with Gasteiger partial charge in [0.05, 0.1) is 12.8 Å². The molecule has 0 saturated carbocycles. The molecule has 0 amide bonds. The topological polar surface area (TPSA) is 73.2 Å². The predicted molar refractivity (Wildman–Crippen MR) is 91.2 cm³/mol. The number of aryl methyl sites for hydroxylation is 2. The Hall–Kier alpha value is -1.70. The fourth-order valence-corrected chi connectivity index (χ4v) is 4.81. The van der Waals surface area contributed by atoms with Crippen LogP contribution in [-0.4, -0.2) is 31.3 Å². The highest BCUT2D eigenvalue weighted by atomic mass is 32.2. The van der Waals surface area contributed by atoms with Gasteiger partial charge in [-0.3, -0.25) is 4.68 Å². The van der Waals surface area contributed by atoms with Gasteiger partial charge in [-0.15, -0.1) is 0 Å². The zero-order valence-corrected chi connectivity index (χ0v) is 15.1. The molecule has 3 rings (SSSR count). The second-order valence-corrected chi connectivity index (χ2v) is 7.87. The van der Waals surface area contributed by atoms with E-state index in [1.807, 2.05) is 25.1 Å². The summed E-state index contributed by atoms with van der Waals surface area (Å²) in [5.74, 6) is 0. The van der Waals surface area contributed by atoms with Gasteiger partial charge < -0.3 is 4.74 Å². The highest BCUT2D eigenvalue weighted by Gasteiger charge is 2.37. The minimum Gasteiger partial charge on any atom is -0.369 e. The third-order valence-corrected chi connectivity index (χ3v) is 6.31. The molecule has 7 heteroatoms. The summed E-state index contributed by atoms with van der Waals surface area (Å²) in [6.45, 7) is 4.56. The molecule has 2 heterocycles. The highest BCUT2D eigenvalue weighted by Crippen LogP contribution is 2.35. The molecule has 0 radical (unpaired) electrons. The summed E-state index contributed by atoms with van der Waals surface area (Å²) in [4.78, 5) is 0. The van der Waals surface area contributed by atoms with Crippen LogP contribution in [0.2, 0.25) is 0 Å². The third-order valence-electron chi connectivity index (χ3n) is 4.69. The fraction of sp³-hybridized carbons (Fsp3) is 0.471. The number of ether oxygens (including phenoxy) is 1. The maximum atomic E-state index is 12.7. The van der Waals surface area contributed by atoms with Crippen molar-refractivity contribution in [1.29, 1.82) is 0 Å². The number of benzene rings is 1. The first-order valence-corrected chi connectivity index (χ1v) is 9.58. The van der Waals surface area contributed by atoms with E-state index in [2.05, 4.69) is 15.9 Å². The van der Waals surface area contributed by atoms with Gasteiger partial charge in [-0.25, -0.2) is 13.1 Å². The van der Waals surface area contributed by atoms with E-state index in [1.54, 1.807) is 20.2 Å². The molecule has 0 aliphatic carbocycles. The Morgan fingerprint density at radius 1 is 1.38 bits per heavy atom. The van der Waals surface area contributed by atoms with Crippen molar-refractivity contribution < 1.29 is 13.2 Å². The number of nitrogens with one attached hydrogen (secondary N) is 1. The van der Waals surface area contributed by atoms with Gasteiger partial charge in [-0.1, -0.05) is 31.2 Å². The number of sulfonamides is 1. The van der Waals surface area contributed by atoms with Crippen molar-refractivity contribution in [3.8, 4) is 0 Å². The molecule has 24 heavy (non-hydrogen) atoms. The van der Waals surface area contributed by atoms with Crippen LogP contribution in [0.25, 0.3) is 0 Å². The van der Waals surface area contributed by atoms with Gasteiger partial charge in [0, 0.05) is 19.2 Å². The van der Waals surface area contributed by atoms with Gasteiger partial charge in [0.15, 0.2) is 5.03 Å². The SMILES string of the molecule is CC[C@]1(CNS(=O)(=O)c2c(C)cnn2C)OCCc2ccccc21. The summed E-state index contributed by atoms with van der Waals surface area (Å²) >= 11 is 0. The summed E-state index contributed by atoms with van der Waals surface area (Å²) in [5, 5.41) is 4.21. The van der Waals surface area contributed by atoms with Crippen LogP contribution in [0.15, 0.2) is 35.5 Å². The fourth-order valence-electron chi connectivity index (χ4n) is 3.38. The molecule has 0 unspecified atom stereocenters. The van der Waals surface area contributed by atoms with Crippen LogP contribution in [-0.2, 0) is 33.8 Å². The molecule has 2 aromatic rings. The maximum absolute atomic E-state index is 12.7. The number of fused-ring (bicyclic) bond motifs is 1. The van der Waals surface area contributed by atoms with E-state index in [4.69, 9.17) is 4.74 Å². The maximum Gasteiger partial charge on any atom is 0.258 e. The molecule has 0 saturated heterocycles. The first kappa shape index (κ1) is 17.1. The first-order chi connectivity index (χ1) is 11.4. The van der Waals surface area contributed by atoms with Crippen molar-refractivity contribution in [3.05, 3.63) is 47.2 Å². The molecule has 1 atom stereocenters. The zero-order chi connectivity index (χ0) is 17.4. The average Bonchev–Trinajstić information content (AvgIpc) is 2.92. The van der Waals surface area contributed by atoms with E-state index in [-0.39, 0.29) is 11.6 Å². The Morgan fingerprint density at radius 2 is 2.12 bits per heavy atom. The molecule has 1 aliphatic rings. The van der Waals surface area contributed by atoms with E-state index in [9.17, 15) is 8.42 Å². The Bertz CT molecular complexity index is 825. The molecule has 0 spiro atoms. The molecule has 1 aromatic heterocycles. The molecule has 0 bridgehead atoms. The van der Waals surface area contributed by atoms with E-state index in [0.29, 0.717) is 18.6 Å². The molecule has 1 aliphatic heterocycles. The van der Waals surface area contributed by atoms with Gasteiger partial charge in [0.2, 0.25) is 0 Å². The molecule has 130 valence electrons. The molecule has 1 aromatic carbocycles. The lowest BCUT2D eigenvalue weighted by Gasteiger charge is -2.38. The summed E-state index contributed by atoms with van der Waals surface area (Å²) in [6.07, 6.45) is 3.10. The van der Waals surface area contributed by atoms with Crippen LogP contribution in [0.1, 0.15) is 30.0 Å². The number of hydrogen-bond acceptors (Lipinski definition) is 4. The highest BCUT2D eigenvalue weighted by molar-refractivity contribution is 7.89. The average molecular weight is 349 g/mol. The number of hydrogen-bond donors (Lipinski definition) is 1. The normalized spacial score (nSPS) is 20.8. The monoisotopic (exact) mass is 349 g/mol. The Kier molecular flexibility index (Phi) is 4.50. The lowest BCUT2D eigenvalue weighted by Crippen LogP contribution is -2.45. The zero-order valence-electron chi connectivity index (χ0n) is 14.2. The number of aromatic nitrogens is 2. The van der Waals surface area contributed by atoms with Gasteiger partial charge in [-0.05, 0) is 30.9 Å². The Morgan fingerprint density at radius 3 is 2.79 bits per heavy atom. The lowest BCUT2D eigenvalue weighted by atomic mass is 9.84. The van der Waals surface area contributed by atoms with E-state index in [0.717, 1.165) is 12.0 Å². The van der Waals surface area contributed by atoms with Crippen LogP contribution in [0.4, 0.5) is 0 Å². The number of nitrogens with zero attached hydrogens (tertiary/aromatic N) is 2. The Labute approximate surface area is 142 Å². The predicted octanol–water partition coefficient (Wildman–Crippen LogP) is 1.89. The Balaban J connectivity index is 1.91. The second kappa shape index (κ2) is 6.31. The summed E-state index contributed by atoms with van der Waals surface area (Å²) in [5.41, 5.74) is 2.29. The van der Waals surface area contributed by atoms with Crippen molar-refractivity contribution in [2.45, 2.75) is 37.3 Å². The number of rotatable bonds is 5. The van der Waals surface area contributed by atoms with Crippen LogP contribution >= 0.6 is 0 Å². The van der Waals surface area contributed by atoms with Crippen molar-refractivity contribution in [3.63, 3.8) is 0 Å². The molecular formula is C17H23N3O3S. The van der Waals surface area contributed by atoms with Gasteiger partial charge >= 0.3 is 0 Å². The van der Waals surface area contributed by atoms with Gasteiger partial charge in [0.1, 0.15) is 5.60 Å². The van der Waals surface area contributed by atoms with Crippen LogP contribution < -0.4 is 4.72 Å². The standard InChI is InChI=1S/C17H23N3O3S/c1-4-17(15-8-6-5-7-14(15)9-10-23-17)12-19-24(21,22)16-13(2)11-18-20(16)3/h5-8,11,19H,4,9-10,12H2,1-3H3/t17-/m1/s1. The smallest absolute Gasteiger partial charge is 0.258 e. The minimum atomic E-state index is -3.66. The second-order valence-electron chi connectivity index (χ2n) is 6.18. The lowest BCUT2D eigenvalue weighted by molar-refractivity contribution is -0.0587. The van der Waals surface area contributed by atoms with Crippen molar-refractivity contribution >= 4 is 10.0 Å². The molecule has 1 N–H and O–H groups in total. The quantitative estimate of drug-likeness (QED) is 0.895. The van der Waals surface area contributed by atoms with Crippen molar-refractivity contribution in [2.75, 3.05) is 13.2 Å². The van der Waals surface area contributed by atoms with E-state index < -0.39 is 15.6 Å². The van der Waals surface area contributed by atoms with Crippen molar-refractivity contribution in [1.82, 2.24) is 14.5 Å². The molecular weight excluding hydrogens is 326 g/mol. The van der Waals surface area contributed by atoms with E-state index >= 15 is 0 Å². The van der Waals surface area contributed by atoms with Crippen LogP contribution in [0.3, 0.4) is 0 Å².